The molecule has 0 amide bonds. The second-order valence-electron chi connectivity index (χ2n) is 6.64. The van der Waals surface area contributed by atoms with Crippen LogP contribution in [0.4, 0.5) is 0 Å². The van der Waals surface area contributed by atoms with Crippen molar-refractivity contribution in [1.29, 1.82) is 0 Å². The van der Waals surface area contributed by atoms with Crippen LogP contribution >= 0.6 is 0 Å². The average Bonchev–Trinajstić information content (AvgIpc) is 2.87. The predicted molar refractivity (Wildman–Crippen MR) is 86.0 cm³/mol. The molecule has 5 nitrogen and oxygen atoms in total. The number of hydrogen-bond donors (Lipinski definition) is 1. The van der Waals surface area contributed by atoms with Gasteiger partial charge in [0.05, 0.1) is 6.54 Å². The molecule has 21 heavy (non-hydrogen) atoms. The average molecular weight is 293 g/mol. The lowest BCUT2D eigenvalue weighted by atomic mass is 10.0. The number of rotatable bonds is 7. The van der Waals surface area contributed by atoms with E-state index in [0.29, 0.717) is 18.0 Å². The van der Waals surface area contributed by atoms with Gasteiger partial charge in [-0.25, -0.2) is 9.67 Å². The van der Waals surface area contributed by atoms with E-state index in [1.165, 1.54) is 19.3 Å². The van der Waals surface area contributed by atoms with Crippen LogP contribution in [0.3, 0.4) is 0 Å². The molecule has 2 atom stereocenters. The lowest BCUT2D eigenvalue weighted by Crippen LogP contribution is -2.55. The smallest absolute Gasteiger partial charge is 0.141 e. The Hall–Kier alpha value is -0.940. The second kappa shape index (κ2) is 7.90. The molecular weight excluding hydrogens is 262 g/mol. The summed E-state index contributed by atoms with van der Waals surface area (Å²) < 4.78 is 2.08. The molecule has 1 aromatic rings. The normalized spacial score (nSPS) is 23.9. The minimum absolute atomic E-state index is 0.600. The highest BCUT2D eigenvalue weighted by atomic mass is 15.4. The Labute approximate surface area is 129 Å². The van der Waals surface area contributed by atoms with E-state index in [1.807, 2.05) is 0 Å². The van der Waals surface area contributed by atoms with Gasteiger partial charge in [0.15, 0.2) is 0 Å². The van der Waals surface area contributed by atoms with E-state index in [9.17, 15) is 0 Å². The maximum absolute atomic E-state index is 4.50. The molecule has 0 spiro atoms. The quantitative estimate of drug-likeness (QED) is 0.838. The Balaban J connectivity index is 2.05. The monoisotopic (exact) mass is 293 g/mol. The molecule has 0 aliphatic carbocycles. The Morgan fingerprint density at radius 1 is 1.38 bits per heavy atom. The van der Waals surface area contributed by atoms with E-state index in [1.54, 1.807) is 6.33 Å². The molecule has 2 heterocycles. The number of nitrogens with zero attached hydrogens (tertiary/aromatic N) is 4. The van der Waals surface area contributed by atoms with Crippen LogP contribution in [0, 0.1) is 5.92 Å². The lowest BCUT2D eigenvalue weighted by molar-refractivity contribution is 0.108. The lowest BCUT2D eigenvalue weighted by Gasteiger charge is -2.40. The van der Waals surface area contributed by atoms with Gasteiger partial charge in [-0.05, 0) is 18.8 Å². The third-order valence-electron chi connectivity index (χ3n) is 4.31. The fourth-order valence-corrected chi connectivity index (χ4v) is 3.10. The van der Waals surface area contributed by atoms with Crippen molar-refractivity contribution in [2.45, 2.75) is 72.1 Å². The largest absolute Gasteiger partial charge is 0.311 e. The van der Waals surface area contributed by atoms with Gasteiger partial charge in [0.1, 0.15) is 12.2 Å². The molecule has 1 N–H and O–H groups in total. The molecule has 2 unspecified atom stereocenters. The molecule has 2 rings (SSSR count). The van der Waals surface area contributed by atoms with Gasteiger partial charge in [0, 0.05) is 31.7 Å². The molecule has 0 aromatic carbocycles. The first-order chi connectivity index (χ1) is 10.1. The molecule has 1 aliphatic heterocycles. The van der Waals surface area contributed by atoms with E-state index < -0.39 is 0 Å². The van der Waals surface area contributed by atoms with E-state index in [2.05, 4.69) is 52.7 Å². The molecule has 0 bridgehead atoms. The van der Waals surface area contributed by atoms with Gasteiger partial charge < -0.3 is 5.32 Å². The van der Waals surface area contributed by atoms with E-state index >= 15 is 0 Å². The number of aromatic nitrogens is 3. The summed E-state index contributed by atoms with van der Waals surface area (Å²) in [5.41, 5.74) is 0. The zero-order chi connectivity index (χ0) is 15.2. The van der Waals surface area contributed by atoms with E-state index in [4.69, 9.17) is 0 Å². The second-order valence-corrected chi connectivity index (χ2v) is 6.64. The standard InChI is InChI=1S/C16H31N5/c1-5-7-15-8-17-14(6-2)10-20(15)11-16-18-12-19-21(16)9-13(3)4/h12-15,17H,5-11H2,1-4H3. The first-order valence-corrected chi connectivity index (χ1v) is 8.48. The maximum Gasteiger partial charge on any atom is 0.141 e. The van der Waals surface area contributed by atoms with Crippen molar-refractivity contribution in [3.8, 4) is 0 Å². The summed E-state index contributed by atoms with van der Waals surface area (Å²) in [6.07, 6.45) is 5.38. The summed E-state index contributed by atoms with van der Waals surface area (Å²) in [5, 5.41) is 8.07. The highest BCUT2D eigenvalue weighted by Gasteiger charge is 2.27. The summed E-state index contributed by atoms with van der Waals surface area (Å²) >= 11 is 0. The number of piperazine rings is 1. The van der Waals surface area contributed by atoms with Crippen LogP contribution in [-0.2, 0) is 13.1 Å². The minimum Gasteiger partial charge on any atom is -0.311 e. The number of nitrogens with one attached hydrogen (secondary N) is 1. The van der Waals surface area contributed by atoms with Gasteiger partial charge in [-0.1, -0.05) is 34.1 Å². The highest BCUT2D eigenvalue weighted by molar-refractivity contribution is 4.91. The van der Waals surface area contributed by atoms with E-state index in [0.717, 1.165) is 32.0 Å². The highest BCUT2D eigenvalue weighted by Crippen LogP contribution is 2.16. The molecule has 1 aliphatic rings. The van der Waals surface area contributed by atoms with Gasteiger partial charge in [0.2, 0.25) is 0 Å². The molecule has 5 heteroatoms. The first-order valence-electron chi connectivity index (χ1n) is 8.48. The Kier molecular flexibility index (Phi) is 6.18. The predicted octanol–water partition coefficient (Wildman–Crippen LogP) is 2.29. The van der Waals surface area contributed by atoms with Crippen LogP contribution in [0.2, 0.25) is 0 Å². The van der Waals surface area contributed by atoms with Crippen molar-refractivity contribution in [2.75, 3.05) is 13.1 Å². The summed E-state index contributed by atoms with van der Waals surface area (Å²) in [5.74, 6) is 1.71. The zero-order valence-corrected chi connectivity index (χ0v) is 14.0. The minimum atomic E-state index is 0.600. The van der Waals surface area contributed by atoms with Crippen molar-refractivity contribution < 1.29 is 0 Å². The molecule has 1 fully saturated rings. The summed E-state index contributed by atoms with van der Waals surface area (Å²) in [6, 6.07) is 1.24. The molecular formula is C16H31N5. The molecule has 0 saturated carbocycles. The molecule has 120 valence electrons. The fraction of sp³-hybridized carbons (Fsp3) is 0.875. The van der Waals surface area contributed by atoms with Crippen molar-refractivity contribution in [2.24, 2.45) is 5.92 Å². The van der Waals surface area contributed by atoms with Crippen molar-refractivity contribution in [1.82, 2.24) is 25.0 Å². The Morgan fingerprint density at radius 2 is 2.19 bits per heavy atom. The summed E-state index contributed by atoms with van der Waals surface area (Å²) in [4.78, 5) is 7.10. The van der Waals surface area contributed by atoms with Gasteiger partial charge in [-0.15, -0.1) is 0 Å². The molecule has 1 saturated heterocycles. The van der Waals surface area contributed by atoms with Gasteiger partial charge >= 0.3 is 0 Å². The van der Waals surface area contributed by atoms with Gasteiger partial charge in [0.25, 0.3) is 0 Å². The van der Waals surface area contributed by atoms with Crippen LogP contribution < -0.4 is 5.32 Å². The summed E-state index contributed by atoms with van der Waals surface area (Å²) in [7, 11) is 0. The molecule has 0 radical (unpaired) electrons. The van der Waals surface area contributed by atoms with Crippen LogP contribution in [0.25, 0.3) is 0 Å². The molecule has 1 aromatic heterocycles. The van der Waals surface area contributed by atoms with E-state index in [-0.39, 0.29) is 0 Å². The summed E-state index contributed by atoms with van der Waals surface area (Å²) in [6.45, 7) is 13.1. The van der Waals surface area contributed by atoms with Crippen LogP contribution in [0.1, 0.15) is 52.8 Å². The third-order valence-corrected chi connectivity index (χ3v) is 4.31. The first kappa shape index (κ1) is 16.4. The van der Waals surface area contributed by atoms with Gasteiger partial charge in [-0.3, -0.25) is 4.90 Å². The number of hydrogen-bond acceptors (Lipinski definition) is 4. The maximum atomic E-state index is 4.50. The van der Waals surface area contributed by atoms with Crippen LogP contribution in [0.5, 0.6) is 0 Å². The third kappa shape index (κ3) is 4.51. The van der Waals surface area contributed by atoms with Crippen LogP contribution in [-0.4, -0.2) is 44.8 Å². The Bertz CT molecular complexity index is 415. The SMILES string of the molecule is CCCC1CNC(CC)CN1Cc1ncnn1CC(C)C. The van der Waals surface area contributed by atoms with Crippen molar-refractivity contribution in [3.63, 3.8) is 0 Å². The van der Waals surface area contributed by atoms with Crippen molar-refractivity contribution in [3.05, 3.63) is 12.2 Å². The van der Waals surface area contributed by atoms with Crippen LogP contribution in [0.15, 0.2) is 6.33 Å². The Morgan fingerprint density at radius 3 is 2.86 bits per heavy atom. The van der Waals surface area contributed by atoms with Gasteiger partial charge in [-0.2, -0.15) is 5.10 Å². The fourth-order valence-electron chi connectivity index (χ4n) is 3.10. The topological polar surface area (TPSA) is 46.0 Å². The van der Waals surface area contributed by atoms with Crippen molar-refractivity contribution >= 4 is 0 Å². The zero-order valence-electron chi connectivity index (χ0n) is 14.0.